The van der Waals surface area contributed by atoms with Crippen LogP contribution in [0.3, 0.4) is 0 Å². The van der Waals surface area contributed by atoms with Crippen LogP contribution >= 0.6 is 0 Å². The van der Waals surface area contributed by atoms with E-state index in [0.717, 1.165) is 74.0 Å². The molecule has 1 saturated carbocycles. The Hall–Kier alpha value is -2.47. The first-order valence-corrected chi connectivity index (χ1v) is 11.1. The van der Waals surface area contributed by atoms with Crippen LogP contribution in [0.15, 0.2) is 54.6 Å². The number of piperazine rings is 1. The monoisotopic (exact) mass is 401 g/mol. The number of nitrogens with one attached hydrogen (secondary N) is 1. The van der Waals surface area contributed by atoms with Crippen molar-refractivity contribution < 1.29 is 0 Å². The minimum atomic E-state index is -0.339. The van der Waals surface area contributed by atoms with Crippen molar-refractivity contribution in [2.75, 3.05) is 31.1 Å². The van der Waals surface area contributed by atoms with Crippen molar-refractivity contribution >= 4 is 16.6 Å². The molecule has 1 aliphatic carbocycles. The van der Waals surface area contributed by atoms with Gasteiger partial charge in [0.2, 0.25) is 0 Å². The zero-order valence-electron chi connectivity index (χ0n) is 17.5. The van der Waals surface area contributed by atoms with Gasteiger partial charge in [0.15, 0.2) is 0 Å². The minimum absolute atomic E-state index is 0.270. The van der Waals surface area contributed by atoms with Gasteiger partial charge in [0.25, 0.3) is 0 Å². The first-order chi connectivity index (χ1) is 14.6. The molecule has 30 heavy (non-hydrogen) atoms. The van der Waals surface area contributed by atoms with Crippen LogP contribution in [0, 0.1) is 0 Å². The van der Waals surface area contributed by atoms with Crippen LogP contribution < -0.4 is 21.7 Å². The fourth-order valence-electron chi connectivity index (χ4n) is 4.93. The molecule has 1 aromatic heterocycles. The van der Waals surface area contributed by atoms with Gasteiger partial charge < -0.3 is 21.7 Å². The third kappa shape index (κ3) is 3.69. The van der Waals surface area contributed by atoms with Gasteiger partial charge in [0.05, 0.1) is 11.2 Å². The summed E-state index contributed by atoms with van der Waals surface area (Å²) in [6.45, 7) is 4.18. The number of fused-ring (bicyclic) bond motifs is 1. The predicted octanol–water partition coefficient (Wildman–Crippen LogP) is 3.37. The van der Waals surface area contributed by atoms with E-state index >= 15 is 0 Å². The molecule has 0 spiro atoms. The third-order valence-corrected chi connectivity index (χ3v) is 6.82. The third-order valence-electron chi connectivity index (χ3n) is 6.82. The van der Waals surface area contributed by atoms with Gasteiger partial charge in [0.1, 0.15) is 0 Å². The second-order valence-corrected chi connectivity index (χ2v) is 8.85. The van der Waals surface area contributed by atoms with Gasteiger partial charge in [-0.3, -0.25) is 0 Å². The van der Waals surface area contributed by atoms with Crippen LogP contribution in [-0.2, 0) is 5.54 Å². The van der Waals surface area contributed by atoms with Crippen molar-refractivity contribution in [3.8, 4) is 11.3 Å². The zero-order chi connectivity index (χ0) is 20.6. The molecular formula is C25H31N5. The number of hydrogen-bond acceptors (Lipinski definition) is 5. The van der Waals surface area contributed by atoms with Crippen LogP contribution in [0.2, 0.25) is 0 Å². The number of aromatic nitrogens is 1. The number of rotatable bonds is 3. The summed E-state index contributed by atoms with van der Waals surface area (Å²) in [6, 6.07) is 19.7. The summed E-state index contributed by atoms with van der Waals surface area (Å²) >= 11 is 0. The second-order valence-electron chi connectivity index (χ2n) is 8.85. The molecule has 5 heteroatoms. The van der Waals surface area contributed by atoms with E-state index in [-0.39, 0.29) is 11.6 Å². The summed E-state index contributed by atoms with van der Waals surface area (Å²) in [7, 11) is 0. The first kappa shape index (κ1) is 19.5. The van der Waals surface area contributed by atoms with E-state index < -0.39 is 0 Å². The highest BCUT2D eigenvalue weighted by atomic mass is 15.2. The number of anilines is 1. The van der Waals surface area contributed by atoms with Gasteiger partial charge in [-0.25, -0.2) is 4.98 Å². The minimum Gasteiger partial charge on any atom is -0.369 e. The van der Waals surface area contributed by atoms with Gasteiger partial charge in [-0.15, -0.1) is 0 Å². The van der Waals surface area contributed by atoms with Gasteiger partial charge in [0, 0.05) is 54.4 Å². The Morgan fingerprint density at radius 2 is 1.67 bits per heavy atom. The summed E-state index contributed by atoms with van der Waals surface area (Å²) in [5, 5.41) is 4.57. The maximum Gasteiger partial charge on any atom is 0.0713 e. The second kappa shape index (κ2) is 7.99. The number of para-hydroxylation sites is 1. The summed E-state index contributed by atoms with van der Waals surface area (Å²) < 4.78 is 0. The maximum atomic E-state index is 6.98. The van der Waals surface area contributed by atoms with Crippen molar-refractivity contribution in [1.82, 2.24) is 10.3 Å². The Labute approximate surface area is 178 Å². The summed E-state index contributed by atoms with van der Waals surface area (Å²) in [5.41, 5.74) is 18.4. The molecule has 1 aliphatic heterocycles. The molecule has 2 aromatic carbocycles. The van der Waals surface area contributed by atoms with Crippen molar-refractivity contribution in [3.63, 3.8) is 0 Å². The number of nitrogens with zero attached hydrogens (tertiary/aromatic N) is 2. The molecule has 2 aliphatic rings. The van der Waals surface area contributed by atoms with Gasteiger partial charge >= 0.3 is 0 Å². The Bertz CT molecular complexity index is 1020. The number of pyridine rings is 1. The van der Waals surface area contributed by atoms with Crippen LogP contribution in [0.4, 0.5) is 5.69 Å². The molecule has 5 N–H and O–H groups in total. The SMILES string of the molecule is NC1CCC(N)(c2cc(-c3ccc(N4CCNCC4)cc3)nc3ccccc23)CC1. The highest BCUT2D eigenvalue weighted by Gasteiger charge is 2.34. The van der Waals surface area contributed by atoms with E-state index in [4.69, 9.17) is 16.5 Å². The summed E-state index contributed by atoms with van der Waals surface area (Å²) in [4.78, 5) is 7.42. The summed E-state index contributed by atoms with van der Waals surface area (Å²) in [5.74, 6) is 0. The van der Waals surface area contributed by atoms with E-state index in [2.05, 4.69) is 64.8 Å². The van der Waals surface area contributed by atoms with E-state index in [1.807, 2.05) is 0 Å². The highest BCUT2D eigenvalue weighted by Crippen LogP contribution is 2.39. The lowest BCUT2D eigenvalue weighted by Crippen LogP contribution is -2.43. The molecule has 0 unspecified atom stereocenters. The van der Waals surface area contributed by atoms with Gasteiger partial charge in [-0.1, -0.05) is 30.3 Å². The molecular weight excluding hydrogens is 370 g/mol. The molecule has 0 radical (unpaired) electrons. The van der Waals surface area contributed by atoms with Crippen LogP contribution in [0.25, 0.3) is 22.2 Å². The molecule has 0 amide bonds. The van der Waals surface area contributed by atoms with Crippen molar-refractivity contribution in [1.29, 1.82) is 0 Å². The molecule has 2 heterocycles. The van der Waals surface area contributed by atoms with Gasteiger partial charge in [-0.2, -0.15) is 0 Å². The van der Waals surface area contributed by atoms with E-state index in [1.165, 1.54) is 11.3 Å². The lowest BCUT2D eigenvalue weighted by Gasteiger charge is -2.37. The molecule has 5 nitrogen and oxygen atoms in total. The fourth-order valence-corrected chi connectivity index (χ4v) is 4.93. The Balaban J connectivity index is 1.53. The topological polar surface area (TPSA) is 80.2 Å². The Kier molecular flexibility index (Phi) is 5.19. The molecule has 156 valence electrons. The predicted molar refractivity (Wildman–Crippen MR) is 125 cm³/mol. The number of nitrogens with two attached hydrogens (primary N) is 2. The largest absolute Gasteiger partial charge is 0.369 e. The smallest absolute Gasteiger partial charge is 0.0713 e. The average Bonchev–Trinajstić information content (AvgIpc) is 2.81. The van der Waals surface area contributed by atoms with Crippen LogP contribution in [0.1, 0.15) is 31.2 Å². The lowest BCUT2D eigenvalue weighted by atomic mass is 9.74. The molecule has 1 saturated heterocycles. The van der Waals surface area contributed by atoms with E-state index in [0.29, 0.717) is 0 Å². The quantitative estimate of drug-likeness (QED) is 0.627. The van der Waals surface area contributed by atoms with Gasteiger partial charge in [-0.05, 0) is 55.5 Å². The van der Waals surface area contributed by atoms with Crippen molar-refractivity contribution in [3.05, 3.63) is 60.2 Å². The first-order valence-electron chi connectivity index (χ1n) is 11.1. The zero-order valence-corrected chi connectivity index (χ0v) is 17.5. The molecule has 3 aromatic rings. The van der Waals surface area contributed by atoms with Crippen molar-refractivity contribution in [2.45, 2.75) is 37.3 Å². The molecule has 0 atom stereocenters. The van der Waals surface area contributed by atoms with E-state index in [9.17, 15) is 0 Å². The fraction of sp³-hybridized carbons (Fsp3) is 0.400. The molecule has 5 rings (SSSR count). The number of hydrogen-bond donors (Lipinski definition) is 3. The Morgan fingerprint density at radius 1 is 0.967 bits per heavy atom. The van der Waals surface area contributed by atoms with Crippen molar-refractivity contribution in [2.24, 2.45) is 11.5 Å². The summed E-state index contributed by atoms with van der Waals surface area (Å²) in [6.07, 6.45) is 3.79. The van der Waals surface area contributed by atoms with Crippen LogP contribution in [0.5, 0.6) is 0 Å². The Morgan fingerprint density at radius 3 is 2.40 bits per heavy atom. The highest BCUT2D eigenvalue weighted by molar-refractivity contribution is 5.86. The lowest BCUT2D eigenvalue weighted by molar-refractivity contribution is 0.279. The standard InChI is InChI=1S/C25H31N5/c26-19-9-11-25(27,12-10-19)22-17-24(29-23-4-2-1-3-21(22)23)18-5-7-20(8-6-18)30-15-13-28-14-16-30/h1-8,17,19,28H,9-16,26-27H2. The number of benzene rings is 2. The molecule has 0 bridgehead atoms. The van der Waals surface area contributed by atoms with E-state index in [1.54, 1.807) is 0 Å². The van der Waals surface area contributed by atoms with Crippen LogP contribution in [-0.4, -0.2) is 37.2 Å². The normalized spacial score (nSPS) is 24.9. The average molecular weight is 402 g/mol. The maximum absolute atomic E-state index is 6.98. The molecule has 2 fully saturated rings.